The van der Waals surface area contributed by atoms with Crippen molar-refractivity contribution in [2.75, 3.05) is 31.1 Å². The Morgan fingerprint density at radius 1 is 1.23 bits per heavy atom. The summed E-state index contributed by atoms with van der Waals surface area (Å²) in [6.07, 6.45) is 5.37. The molecule has 0 unspecified atom stereocenters. The first-order valence-electron chi connectivity index (χ1n) is 8.93. The van der Waals surface area contributed by atoms with E-state index in [1.165, 1.54) is 4.88 Å². The first-order valence-corrected chi connectivity index (χ1v) is 9.74. The number of anilines is 1. The molecule has 4 rings (SSSR count). The third kappa shape index (κ3) is 3.16. The third-order valence-corrected chi connectivity index (χ3v) is 5.91. The second-order valence-corrected chi connectivity index (χ2v) is 7.61. The van der Waals surface area contributed by atoms with Gasteiger partial charge in [-0.25, -0.2) is 9.97 Å². The van der Waals surface area contributed by atoms with E-state index in [1.807, 2.05) is 11.9 Å². The second kappa shape index (κ2) is 7.03. The molecule has 0 atom stereocenters. The van der Waals surface area contributed by atoms with Crippen molar-refractivity contribution in [1.82, 2.24) is 24.6 Å². The molecule has 3 aromatic heterocycles. The Hall–Kier alpha value is -2.48. The molecule has 0 N–H and O–H groups in total. The van der Waals surface area contributed by atoms with Crippen molar-refractivity contribution in [3.05, 3.63) is 35.2 Å². The number of amides is 1. The van der Waals surface area contributed by atoms with Gasteiger partial charge in [0.2, 0.25) is 0 Å². The Kier molecular flexibility index (Phi) is 4.58. The topological polar surface area (TPSA) is 67.2 Å². The number of rotatable bonds is 3. The van der Waals surface area contributed by atoms with E-state index in [9.17, 15) is 4.79 Å². The summed E-state index contributed by atoms with van der Waals surface area (Å²) in [5.74, 6) is 0.988. The highest BCUT2D eigenvalue weighted by atomic mass is 32.1. The van der Waals surface area contributed by atoms with Crippen LogP contribution in [0.5, 0.6) is 0 Å². The van der Waals surface area contributed by atoms with Crippen molar-refractivity contribution in [3.8, 4) is 0 Å². The van der Waals surface area contributed by atoms with Crippen LogP contribution < -0.4 is 4.90 Å². The number of thiophene rings is 1. The van der Waals surface area contributed by atoms with Crippen LogP contribution in [0.2, 0.25) is 0 Å². The maximum Gasteiger partial charge on any atom is 0.274 e. The molecule has 4 heterocycles. The average Bonchev–Trinajstić information content (AvgIpc) is 3.20. The summed E-state index contributed by atoms with van der Waals surface area (Å²) in [4.78, 5) is 28.2. The van der Waals surface area contributed by atoms with Gasteiger partial charge in [-0.3, -0.25) is 9.48 Å². The predicted molar refractivity (Wildman–Crippen MR) is 103 cm³/mol. The SMILES string of the molecule is CCc1cc2c(N3CCCN(C(=O)c4ccn(C)n4)CC3)ncnc2s1. The van der Waals surface area contributed by atoms with Gasteiger partial charge in [0, 0.05) is 44.3 Å². The largest absolute Gasteiger partial charge is 0.354 e. The lowest BCUT2D eigenvalue weighted by Gasteiger charge is -2.22. The molecule has 136 valence electrons. The summed E-state index contributed by atoms with van der Waals surface area (Å²) in [7, 11) is 1.83. The summed E-state index contributed by atoms with van der Waals surface area (Å²) < 4.78 is 1.66. The van der Waals surface area contributed by atoms with Gasteiger partial charge in [-0.15, -0.1) is 11.3 Å². The Morgan fingerprint density at radius 2 is 2.12 bits per heavy atom. The lowest BCUT2D eigenvalue weighted by Crippen LogP contribution is -2.35. The number of fused-ring (bicyclic) bond motifs is 1. The van der Waals surface area contributed by atoms with E-state index in [-0.39, 0.29) is 5.91 Å². The molecule has 1 amide bonds. The van der Waals surface area contributed by atoms with Gasteiger partial charge in [0.15, 0.2) is 0 Å². The normalized spacial score (nSPS) is 15.5. The molecular weight excluding hydrogens is 348 g/mol. The monoisotopic (exact) mass is 370 g/mol. The standard InChI is InChI=1S/C18H22N6OS/c1-3-13-11-14-16(19-12-20-17(14)26-13)23-6-4-7-24(10-9-23)18(25)15-5-8-22(2)21-15/h5,8,11-12H,3-4,6-7,9-10H2,1-2H3. The molecule has 1 aliphatic rings. The van der Waals surface area contributed by atoms with Crippen LogP contribution in [0.4, 0.5) is 5.82 Å². The van der Waals surface area contributed by atoms with Crippen LogP contribution in [-0.4, -0.2) is 56.7 Å². The number of carbonyl (C=O) groups is 1. The van der Waals surface area contributed by atoms with Gasteiger partial charge in [0.25, 0.3) is 5.91 Å². The van der Waals surface area contributed by atoms with Crippen molar-refractivity contribution in [1.29, 1.82) is 0 Å². The minimum Gasteiger partial charge on any atom is -0.354 e. The van der Waals surface area contributed by atoms with Crippen molar-refractivity contribution in [3.63, 3.8) is 0 Å². The molecule has 0 saturated carbocycles. The van der Waals surface area contributed by atoms with E-state index in [0.717, 1.165) is 48.5 Å². The third-order valence-electron chi connectivity index (χ3n) is 4.72. The van der Waals surface area contributed by atoms with Crippen molar-refractivity contribution in [2.45, 2.75) is 19.8 Å². The molecular formula is C18H22N6OS. The summed E-state index contributed by atoms with van der Waals surface area (Å²) in [5, 5.41) is 5.36. The number of carbonyl (C=O) groups excluding carboxylic acids is 1. The lowest BCUT2D eigenvalue weighted by molar-refractivity contribution is 0.0760. The van der Waals surface area contributed by atoms with Crippen LogP contribution in [0, 0.1) is 0 Å². The van der Waals surface area contributed by atoms with E-state index in [1.54, 1.807) is 34.6 Å². The number of aryl methyl sites for hydroxylation is 2. The number of aromatic nitrogens is 4. The fraction of sp³-hybridized carbons (Fsp3) is 0.444. The van der Waals surface area contributed by atoms with Gasteiger partial charge in [-0.2, -0.15) is 5.10 Å². The maximum absolute atomic E-state index is 12.7. The number of hydrogen-bond donors (Lipinski definition) is 0. The molecule has 1 fully saturated rings. The Bertz CT molecular complexity index is 933. The fourth-order valence-corrected chi connectivity index (χ4v) is 4.27. The molecule has 1 aliphatic heterocycles. The molecule has 26 heavy (non-hydrogen) atoms. The molecule has 7 nitrogen and oxygen atoms in total. The Morgan fingerprint density at radius 3 is 2.88 bits per heavy atom. The Labute approximate surface area is 156 Å². The zero-order valence-corrected chi connectivity index (χ0v) is 15.9. The minimum absolute atomic E-state index is 0.00378. The van der Waals surface area contributed by atoms with E-state index in [2.05, 4.69) is 33.0 Å². The molecule has 3 aromatic rings. The zero-order valence-electron chi connectivity index (χ0n) is 15.1. The second-order valence-electron chi connectivity index (χ2n) is 6.49. The molecule has 0 aromatic carbocycles. The number of nitrogens with zero attached hydrogens (tertiary/aromatic N) is 6. The Balaban J connectivity index is 1.54. The highest BCUT2D eigenvalue weighted by Crippen LogP contribution is 2.31. The van der Waals surface area contributed by atoms with Crippen LogP contribution in [0.25, 0.3) is 10.2 Å². The van der Waals surface area contributed by atoms with Crippen LogP contribution in [-0.2, 0) is 13.5 Å². The predicted octanol–water partition coefficient (Wildman–Crippen LogP) is 2.34. The quantitative estimate of drug-likeness (QED) is 0.708. The smallest absolute Gasteiger partial charge is 0.274 e. The van der Waals surface area contributed by atoms with E-state index in [4.69, 9.17) is 0 Å². The van der Waals surface area contributed by atoms with Crippen molar-refractivity contribution < 1.29 is 4.79 Å². The minimum atomic E-state index is 0.00378. The molecule has 0 bridgehead atoms. The summed E-state index contributed by atoms with van der Waals surface area (Å²) in [5.41, 5.74) is 0.510. The van der Waals surface area contributed by atoms with Crippen molar-refractivity contribution >= 4 is 33.3 Å². The van der Waals surface area contributed by atoms with Gasteiger partial charge < -0.3 is 9.80 Å². The van der Waals surface area contributed by atoms with Gasteiger partial charge in [-0.05, 0) is 25.0 Å². The summed E-state index contributed by atoms with van der Waals surface area (Å²) >= 11 is 1.73. The highest BCUT2D eigenvalue weighted by molar-refractivity contribution is 7.18. The van der Waals surface area contributed by atoms with Crippen LogP contribution >= 0.6 is 11.3 Å². The van der Waals surface area contributed by atoms with Gasteiger partial charge in [0.05, 0.1) is 5.39 Å². The molecule has 8 heteroatoms. The van der Waals surface area contributed by atoms with Crippen LogP contribution in [0.15, 0.2) is 24.7 Å². The molecule has 0 aliphatic carbocycles. The van der Waals surface area contributed by atoms with Gasteiger partial charge in [0.1, 0.15) is 22.7 Å². The fourth-order valence-electron chi connectivity index (χ4n) is 3.34. The summed E-state index contributed by atoms with van der Waals surface area (Å²) in [6.45, 7) is 5.22. The molecule has 1 saturated heterocycles. The first kappa shape index (κ1) is 17.0. The van der Waals surface area contributed by atoms with Crippen LogP contribution in [0.1, 0.15) is 28.7 Å². The molecule has 0 spiro atoms. The lowest BCUT2D eigenvalue weighted by atomic mass is 10.3. The van der Waals surface area contributed by atoms with E-state index in [0.29, 0.717) is 12.2 Å². The van der Waals surface area contributed by atoms with Gasteiger partial charge in [-0.1, -0.05) is 6.92 Å². The average molecular weight is 370 g/mol. The zero-order chi connectivity index (χ0) is 18.1. The van der Waals surface area contributed by atoms with E-state index >= 15 is 0 Å². The maximum atomic E-state index is 12.7. The van der Waals surface area contributed by atoms with Gasteiger partial charge >= 0.3 is 0 Å². The summed E-state index contributed by atoms with van der Waals surface area (Å²) in [6, 6.07) is 3.98. The first-order chi connectivity index (χ1) is 12.7. The number of hydrogen-bond acceptors (Lipinski definition) is 6. The van der Waals surface area contributed by atoms with E-state index < -0.39 is 0 Å². The highest BCUT2D eigenvalue weighted by Gasteiger charge is 2.23. The van der Waals surface area contributed by atoms with Crippen molar-refractivity contribution in [2.24, 2.45) is 7.05 Å². The molecule has 0 radical (unpaired) electrons. The van der Waals surface area contributed by atoms with Crippen LogP contribution in [0.3, 0.4) is 0 Å².